The van der Waals surface area contributed by atoms with Crippen molar-refractivity contribution in [2.45, 2.75) is 38.1 Å². The van der Waals surface area contributed by atoms with Gasteiger partial charge in [0, 0.05) is 23.6 Å². The molecular formula is C13H18ClNOS2. The highest BCUT2D eigenvalue weighted by Gasteiger charge is 2.32. The number of nitrogens with zero attached hydrogens (tertiary/aromatic N) is 1. The molecule has 2 rings (SSSR count). The number of ketones is 1. The summed E-state index contributed by atoms with van der Waals surface area (Å²) in [5, 5.41) is 0.584. The molecule has 5 heteroatoms. The monoisotopic (exact) mass is 303 g/mol. The van der Waals surface area contributed by atoms with Gasteiger partial charge in [0.05, 0.1) is 15.3 Å². The molecule has 0 aliphatic carbocycles. The molecule has 0 amide bonds. The molecule has 100 valence electrons. The number of halogens is 1. The van der Waals surface area contributed by atoms with E-state index in [0.29, 0.717) is 15.6 Å². The Hall–Kier alpha value is -0.0300. The van der Waals surface area contributed by atoms with Crippen LogP contribution in [0.25, 0.3) is 0 Å². The zero-order valence-electron chi connectivity index (χ0n) is 10.9. The van der Waals surface area contributed by atoms with Crippen LogP contribution in [-0.2, 0) is 0 Å². The van der Waals surface area contributed by atoms with E-state index in [1.165, 1.54) is 11.3 Å². The predicted octanol–water partition coefficient (Wildman–Crippen LogP) is 3.80. The summed E-state index contributed by atoms with van der Waals surface area (Å²) in [6.07, 6.45) is 0. The minimum Gasteiger partial charge on any atom is -0.291 e. The van der Waals surface area contributed by atoms with Gasteiger partial charge in [-0.05, 0) is 26.0 Å². The Balaban J connectivity index is 2.10. The fraction of sp³-hybridized carbons (Fsp3) is 0.615. The molecule has 2 heterocycles. The van der Waals surface area contributed by atoms with Gasteiger partial charge in [-0.25, -0.2) is 0 Å². The van der Waals surface area contributed by atoms with Crippen LogP contribution in [0.1, 0.15) is 30.4 Å². The molecular weight excluding hydrogens is 286 g/mol. The molecule has 3 atom stereocenters. The van der Waals surface area contributed by atoms with Crippen LogP contribution < -0.4 is 0 Å². The molecule has 2 nitrogen and oxygen atoms in total. The lowest BCUT2D eigenvalue weighted by molar-refractivity contribution is 0.0785. The first-order valence-corrected chi connectivity index (χ1v) is 8.42. The Bertz CT molecular complexity index is 434. The second-order valence-corrected chi connectivity index (χ2v) is 7.90. The first-order chi connectivity index (χ1) is 8.50. The summed E-state index contributed by atoms with van der Waals surface area (Å²) in [6.45, 7) is 7.44. The van der Waals surface area contributed by atoms with Crippen molar-refractivity contribution in [2.24, 2.45) is 0 Å². The number of rotatable bonds is 3. The summed E-state index contributed by atoms with van der Waals surface area (Å²) in [4.78, 5) is 15.5. The number of Topliss-reactive ketones (excluding diaryl/α,β-unsaturated/α-hetero) is 1. The van der Waals surface area contributed by atoms with Gasteiger partial charge in [0.15, 0.2) is 5.78 Å². The normalized spacial score (nSPS) is 27.1. The highest BCUT2D eigenvalue weighted by atomic mass is 35.5. The van der Waals surface area contributed by atoms with Gasteiger partial charge in [0.1, 0.15) is 0 Å². The molecule has 0 saturated carbocycles. The Morgan fingerprint density at radius 1 is 1.50 bits per heavy atom. The zero-order chi connectivity index (χ0) is 13.3. The van der Waals surface area contributed by atoms with Crippen LogP contribution in [0.5, 0.6) is 0 Å². The highest BCUT2D eigenvalue weighted by molar-refractivity contribution is 8.00. The lowest BCUT2D eigenvalue weighted by Gasteiger charge is -2.40. The van der Waals surface area contributed by atoms with Crippen LogP contribution in [0.4, 0.5) is 0 Å². The van der Waals surface area contributed by atoms with E-state index >= 15 is 0 Å². The summed E-state index contributed by atoms with van der Waals surface area (Å²) >= 11 is 9.26. The topological polar surface area (TPSA) is 20.3 Å². The van der Waals surface area contributed by atoms with Crippen molar-refractivity contribution in [3.05, 3.63) is 21.3 Å². The van der Waals surface area contributed by atoms with E-state index in [2.05, 4.69) is 18.7 Å². The second-order valence-electron chi connectivity index (χ2n) is 4.70. The van der Waals surface area contributed by atoms with Crippen molar-refractivity contribution in [1.29, 1.82) is 0 Å². The molecule has 1 aliphatic rings. The van der Waals surface area contributed by atoms with Crippen LogP contribution in [0.2, 0.25) is 4.34 Å². The molecule has 18 heavy (non-hydrogen) atoms. The summed E-state index contributed by atoms with van der Waals surface area (Å²) in [5.41, 5.74) is 0. The van der Waals surface area contributed by atoms with Crippen LogP contribution in [0.15, 0.2) is 12.1 Å². The molecule has 1 fully saturated rings. The third-order valence-electron chi connectivity index (χ3n) is 3.63. The predicted molar refractivity (Wildman–Crippen MR) is 81.2 cm³/mol. The average Bonchev–Trinajstić information content (AvgIpc) is 2.77. The van der Waals surface area contributed by atoms with Gasteiger partial charge >= 0.3 is 0 Å². The van der Waals surface area contributed by atoms with E-state index in [-0.39, 0.29) is 11.8 Å². The first-order valence-electron chi connectivity index (χ1n) is 6.17. The number of hydrogen-bond acceptors (Lipinski definition) is 4. The van der Waals surface area contributed by atoms with Crippen molar-refractivity contribution in [3.63, 3.8) is 0 Å². The van der Waals surface area contributed by atoms with E-state index in [4.69, 9.17) is 11.6 Å². The molecule has 0 spiro atoms. The standard InChI is InChI=1S/C13H18ClNOS2/c1-8-10(3)17-7-6-15(8)9(2)13(16)11-4-5-12(14)18-11/h4-5,8-10H,6-7H2,1-3H3. The molecule has 0 bridgehead atoms. The van der Waals surface area contributed by atoms with Crippen LogP contribution >= 0.6 is 34.7 Å². The Morgan fingerprint density at radius 3 is 2.83 bits per heavy atom. The third-order valence-corrected chi connectivity index (χ3v) is 6.21. The van der Waals surface area contributed by atoms with Gasteiger partial charge < -0.3 is 0 Å². The molecule has 0 aromatic carbocycles. The molecule has 1 aromatic rings. The minimum atomic E-state index is -0.0573. The summed E-state index contributed by atoms with van der Waals surface area (Å²) in [5.74, 6) is 1.30. The van der Waals surface area contributed by atoms with Crippen molar-refractivity contribution in [3.8, 4) is 0 Å². The maximum Gasteiger partial charge on any atom is 0.189 e. The molecule has 1 saturated heterocycles. The Labute approximate surface area is 122 Å². The number of thiophene rings is 1. The van der Waals surface area contributed by atoms with Crippen molar-refractivity contribution in [2.75, 3.05) is 12.3 Å². The van der Waals surface area contributed by atoms with E-state index in [9.17, 15) is 4.79 Å². The molecule has 1 aliphatic heterocycles. The van der Waals surface area contributed by atoms with Crippen molar-refractivity contribution >= 4 is 40.5 Å². The van der Waals surface area contributed by atoms with E-state index in [1.54, 1.807) is 6.07 Å². The number of thioether (sulfide) groups is 1. The Morgan fingerprint density at radius 2 is 2.22 bits per heavy atom. The minimum absolute atomic E-state index is 0.0573. The zero-order valence-corrected chi connectivity index (χ0v) is 13.2. The number of carbonyl (C=O) groups is 1. The van der Waals surface area contributed by atoms with E-state index < -0.39 is 0 Å². The van der Waals surface area contributed by atoms with Gasteiger partial charge in [-0.15, -0.1) is 11.3 Å². The number of hydrogen-bond donors (Lipinski definition) is 0. The largest absolute Gasteiger partial charge is 0.291 e. The fourth-order valence-corrected chi connectivity index (χ4v) is 4.49. The second kappa shape index (κ2) is 5.95. The molecule has 0 radical (unpaired) electrons. The van der Waals surface area contributed by atoms with Crippen molar-refractivity contribution < 1.29 is 4.79 Å². The van der Waals surface area contributed by atoms with E-state index in [1.807, 2.05) is 24.8 Å². The summed E-state index contributed by atoms with van der Waals surface area (Å²) < 4.78 is 0.682. The maximum absolute atomic E-state index is 12.4. The van der Waals surface area contributed by atoms with Gasteiger partial charge in [-0.2, -0.15) is 11.8 Å². The molecule has 3 unspecified atom stereocenters. The first kappa shape index (κ1) is 14.4. The lowest BCUT2D eigenvalue weighted by atomic mass is 10.1. The Kier molecular flexibility index (Phi) is 4.75. The summed E-state index contributed by atoms with van der Waals surface area (Å²) in [7, 11) is 0. The highest BCUT2D eigenvalue weighted by Crippen LogP contribution is 2.28. The van der Waals surface area contributed by atoms with E-state index in [0.717, 1.165) is 17.2 Å². The van der Waals surface area contributed by atoms with Crippen LogP contribution in [0.3, 0.4) is 0 Å². The molecule has 1 aromatic heterocycles. The summed E-state index contributed by atoms with van der Waals surface area (Å²) in [6, 6.07) is 4.01. The van der Waals surface area contributed by atoms with Gasteiger partial charge in [0.25, 0.3) is 0 Å². The average molecular weight is 304 g/mol. The maximum atomic E-state index is 12.4. The molecule has 0 N–H and O–H groups in total. The smallest absolute Gasteiger partial charge is 0.189 e. The quantitative estimate of drug-likeness (QED) is 0.792. The van der Waals surface area contributed by atoms with Gasteiger partial charge in [-0.3, -0.25) is 9.69 Å². The van der Waals surface area contributed by atoms with Crippen LogP contribution in [-0.4, -0.2) is 40.3 Å². The van der Waals surface area contributed by atoms with Gasteiger partial charge in [-0.1, -0.05) is 18.5 Å². The van der Waals surface area contributed by atoms with Crippen LogP contribution in [0, 0.1) is 0 Å². The SMILES string of the molecule is CC1SCCN(C(C)C(=O)c2ccc(Cl)s2)C1C. The van der Waals surface area contributed by atoms with Crippen molar-refractivity contribution in [1.82, 2.24) is 4.90 Å². The number of carbonyl (C=O) groups excluding carboxylic acids is 1. The third kappa shape index (κ3) is 2.93. The fourth-order valence-electron chi connectivity index (χ4n) is 2.31. The lowest BCUT2D eigenvalue weighted by Crippen LogP contribution is -2.51. The van der Waals surface area contributed by atoms with Gasteiger partial charge in [0.2, 0.25) is 0 Å².